The molecule has 1 amide bonds. The quantitative estimate of drug-likeness (QED) is 0.769. The number of carbonyl (C=O) groups is 1. The lowest BCUT2D eigenvalue weighted by atomic mass is 10.2. The van der Waals surface area contributed by atoms with Gasteiger partial charge in [-0.1, -0.05) is 11.6 Å². The van der Waals surface area contributed by atoms with E-state index in [0.29, 0.717) is 13.1 Å². The highest BCUT2D eigenvalue weighted by Gasteiger charge is 2.09. The van der Waals surface area contributed by atoms with Gasteiger partial charge >= 0.3 is 0 Å². The number of halogens is 2. The largest absolute Gasteiger partial charge is 0.351 e. The molecule has 0 aliphatic heterocycles. The number of hydrogen-bond acceptors (Lipinski definition) is 2. The third kappa shape index (κ3) is 3.49. The molecule has 0 fully saturated rings. The molecule has 1 aromatic carbocycles. The van der Waals surface area contributed by atoms with E-state index in [9.17, 15) is 9.18 Å². The lowest BCUT2D eigenvalue weighted by molar-refractivity contribution is 0.0954. The van der Waals surface area contributed by atoms with Gasteiger partial charge in [0.1, 0.15) is 5.82 Å². The van der Waals surface area contributed by atoms with Crippen LogP contribution in [0.4, 0.5) is 4.39 Å². The minimum Gasteiger partial charge on any atom is -0.351 e. The summed E-state index contributed by atoms with van der Waals surface area (Å²) in [6.45, 7) is 1.17. The molecular weight excluding hydrogens is 219 g/mol. The van der Waals surface area contributed by atoms with Crippen molar-refractivity contribution in [2.45, 2.75) is 0 Å². The Morgan fingerprint density at radius 1 is 1.47 bits per heavy atom. The van der Waals surface area contributed by atoms with Crippen molar-refractivity contribution in [1.82, 2.24) is 10.6 Å². The van der Waals surface area contributed by atoms with Crippen molar-refractivity contribution in [3.63, 3.8) is 0 Å². The van der Waals surface area contributed by atoms with Crippen molar-refractivity contribution in [1.29, 1.82) is 0 Å². The Balaban J connectivity index is 2.65. The zero-order valence-corrected chi connectivity index (χ0v) is 9.07. The normalized spacial score (nSPS) is 10.1. The fraction of sp³-hybridized carbons (Fsp3) is 0.300. The highest BCUT2D eigenvalue weighted by molar-refractivity contribution is 6.33. The first-order valence-electron chi connectivity index (χ1n) is 4.53. The molecular formula is C10H12ClFN2O. The van der Waals surface area contributed by atoms with E-state index < -0.39 is 5.82 Å². The number of carbonyl (C=O) groups excluding carboxylic acids is 1. The van der Waals surface area contributed by atoms with Crippen LogP contribution in [0.3, 0.4) is 0 Å². The minimum atomic E-state index is -0.452. The van der Waals surface area contributed by atoms with Gasteiger partial charge in [-0.15, -0.1) is 0 Å². The molecule has 1 aromatic rings. The summed E-state index contributed by atoms with van der Waals surface area (Å²) in [5.41, 5.74) is 0.286. The second kappa shape index (κ2) is 5.68. The third-order valence-corrected chi connectivity index (χ3v) is 2.15. The van der Waals surface area contributed by atoms with Crippen LogP contribution in [0.25, 0.3) is 0 Å². The lowest BCUT2D eigenvalue weighted by Crippen LogP contribution is -2.30. The molecule has 0 unspecified atom stereocenters. The molecule has 0 aliphatic rings. The van der Waals surface area contributed by atoms with Gasteiger partial charge < -0.3 is 10.6 Å². The van der Waals surface area contributed by atoms with Crippen LogP contribution in [0.1, 0.15) is 10.4 Å². The van der Waals surface area contributed by atoms with E-state index in [4.69, 9.17) is 11.6 Å². The standard InChI is InChI=1S/C10H12ClFN2O/c1-13-4-5-14-10(15)8-3-2-7(12)6-9(8)11/h2-3,6,13H,4-5H2,1H3,(H,14,15). The molecule has 2 N–H and O–H groups in total. The maximum atomic E-state index is 12.7. The van der Waals surface area contributed by atoms with E-state index in [1.807, 2.05) is 0 Å². The van der Waals surface area contributed by atoms with Gasteiger partial charge in [0, 0.05) is 13.1 Å². The Morgan fingerprint density at radius 2 is 2.20 bits per heavy atom. The summed E-state index contributed by atoms with van der Waals surface area (Å²) in [5, 5.41) is 5.66. The molecule has 0 bridgehead atoms. The molecule has 0 aromatic heterocycles. The van der Waals surface area contributed by atoms with Crippen LogP contribution >= 0.6 is 11.6 Å². The van der Waals surface area contributed by atoms with E-state index in [2.05, 4.69) is 10.6 Å². The molecule has 0 aliphatic carbocycles. The van der Waals surface area contributed by atoms with Crippen molar-refractivity contribution in [2.75, 3.05) is 20.1 Å². The summed E-state index contributed by atoms with van der Waals surface area (Å²) in [4.78, 5) is 11.5. The zero-order valence-electron chi connectivity index (χ0n) is 8.31. The molecule has 82 valence electrons. The Labute approximate surface area is 92.6 Å². The average molecular weight is 231 g/mol. The summed E-state index contributed by atoms with van der Waals surface area (Å²) >= 11 is 5.72. The SMILES string of the molecule is CNCCNC(=O)c1ccc(F)cc1Cl. The maximum Gasteiger partial charge on any atom is 0.252 e. The van der Waals surface area contributed by atoms with Crippen LogP contribution < -0.4 is 10.6 Å². The van der Waals surface area contributed by atoms with Crippen LogP contribution in [0.2, 0.25) is 5.02 Å². The van der Waals surface area contributed by atoms with Gasteiger partial charge in [0.15, 0.2) is 0 Å². The number of amides is 1. The van der Waals surface area contributed by atoms with Crippen LogP contribution in [0, 0.1) is 5.82 Å². The minimum absolute atomic E-state index is 0.122. The first-order chi connectivity index (χ1) is 7.15. The van der Waals surface area contributed by atoms with E-state index in [0.717, 1.165) is 6.07 Å². The highest BCUT2D eigenvalue weighted by Crippen LogP contribution is 2.16. The summed E-state index contributed by atoms with van der Waals surface area (Å²) in [7, 11) is 1.79. The summed E-state index contributed by atoms with van der Waals surface area (Å²) in [6.07, 6.45) is 0. The Kier molecular flexibility index (Phi) is 4.52. The van der Waals surface area contributed by atoms with Gasteiger partial charge in [0.25, 0.3) is 5.91 Å². The Hall–Kier alpha value is -1.13. The first kappa shape index (κ1) is 11.9. The fourth-order valence-electron chi connectivity index (χ4n) is 1.07. The number of benzene rings is 1. The molecule has 0 saturated carbocycles. The fourth-order valence-corrected chi connectivity index (χ4v) is 1.32. The second-order valence-electron chi connectivity index (χ2n) is 2.98. The highest BCUT2D eigenvalue weighted by atomic mass is 35.5. The zero-order chi connectivity index (χ0) is 11.3. The molecule has 3 nitrogen and oxygen atoms in total. The van der Waals surface area contributed by atoms with E-state index in [1.165, 1.54) is 12.1 Å². The number of likely N-dealkylation sites (N-methyl/N-ethyl adjacent to an activating group) is 1. The van der Waals surface area contributed by atoms with Crippen molar-refractivity contribution in [3.05, 3.63) is 34.6 Å². The van der Waals surface area contributed by atoms with Gasteiger partial charge in [0.05, 0.1) is 10.6 Å². The van der Waals surface area contributed by atoms with Crippen molar-refractivity contribution < 1.29 is 9.18 Å². The van der Waals surface area contributed by atoms with Crippen molar-refractivity contribution >= 4 is 17.5 Å². The molecule has 1 rings (SSSR count). The average Bonchev–Trinajstić information content (AvgIpc) is 2.17. The monoisotopic (exact) mass is 230 g/mol. The van der Waals surface area contributed by atoms with Gasteiger partial charge in [-0.2, -0.15) is 0 Å². The first-order valence-corrected chi connectivity index (χ1v) is 4.91. The van der Waals surface area contributed by atoms with Gasteiger partial charge in [0.2, 0.25) is 0 Å². The molecule has 0 spiro atoms. The molecule has 0 saturated heterocycles. The van der Waals surface area contributed by atoms with Crippen LogP contribution in [-0.2, 0) is 0 Å². The summed E-state index contributed by atoms with van der Waals surface area (Å²) in [5.74, 6) is -0.748. The van der Waals surface area contributed by atoms with Gasteiger partial charge in [-0.05, 0) is 25.2 Å². The van der Waals surface area contributed by atoms with Crippen LogP contribution in [0.5, 0.6) is 0 Å². The number of rotatable bonds is 4. The van der Waals surface area contributed by atoms with Crippen LogP contribution in [-0.4, -0.2) is 26.0 Å². The summed E-state index contributed by atoms with van der Waals surface area (Å²) in [6, 6.07) is 3.69. The third-order valence-electron chi connectivity index (χ3n) is 1.84. The van der Waals surface area contributed by atoms with E-state index >= 15 is 0 Å². The topological polar surface area (TPSA) is 41.1 Å². The van der Waals surface area contributed by atoms with E-state index in [-0.39, 0.29) is 16.5 Å². The maximum absolute atomic E-state index is 12.7. The molecule has 5 heteroatoms. The lowest BCUT2D eigenvalue weighted by Gasteiger charge is -2.06. The van der Waals surface area contributed by atoms with Crippen LogP contribution in [0.15, 0.2) is 18.2 Å². The van der Waals surface area contributed by atoms with E-state index in [1.54, 1.807) is 7.05 Å². The molecule has 15 heavy (non-hydrogen) atoms. The predicted octanol–water partition coefficient (Wildman–Crippen LogP) is 1.43. The van der Waals surface area contributed by atoms with Gasteiger partial charge in [-0.3, -0.25) is 4.79 Å². The van der Waals surface area contributed by atoms with Crippen molar-refractivity contribution in [3.8, 4) is 0 Å². The second-order valence-corrected chi connectivity index (χ2v) is 3.39. The van der Waals surface area contributed by atoms with Gasteiger partial charge in [-0.25, -0.2) is 4.39 Å². The van der Waals surface area contributed by atoms with Crippen molar-refractivity contribution in [2.24, 2.45) is 0 Å². The Morgan fingerprint density at radius 3 is 2.80 bits per heavy atom. The predicted molar refractivity (Wildman–Crippen MR) is 57.7 cm³/mol. The molecule has 0 radical (unpaired) electrons. The molecule has 0 heterocycles. The number of hydrogen-bond donors (Lipinski definition) is 2. The summed E-state index contributed by atoms with van der Waals surface area (Å²) < 4.78 is 12.7. The molecule has 0 atom stereocenters. The number of nitrogens with one attached hydrogen (secondary N) is 2. The smallest absolute Gasteiger partial charge is 0.252 e. The Bertz CT molecular complexity index is 357.